The van der Waals surface area contributed by atoms with Crippen LogP contribution in [0.15, 0.2) is 48.6 Å². The summed E-state index contributed by atoms with van der Waals surface area (Å²) in [5.74, 6) is -1.20. The third kappa shape index (κ3) is 39.1. The van der Waals surface area contributed by atoms with E-state index in [2.05, 4.69) is 62.5 Å². The molecule has 0 bridgehead atoms. The Morgan fingerprint density at radius 3 is 1.42 bits per heavy atom. The van der Waals surface area contributed by atoms with Crippen LogP contribution in [0.1, 0.15) is 278 Å². The van der Waals surface area contributed by atoms with Gasteiger partial charge in [0.25, 0.3) is 0 Å². The number of allylic oxidation sites excluding steroid dienone is 7. The first-order chi connectivity index (χ1) is 36.2. The maximum atomic E-state index is 13.4. The van der Waals surface area contributed by atoms with E-state index in [1.165, 1.54) is 148 Å². The summed E-state index contributed by atoms with van der Waals surface area (Å²) in [7, 11) is 0. The molecule has 1 rings (SSSR count). The van der Waals surface area contributed by atoms with Crippen molar-refractivity contribution in [2.45, 2.75) is 327 Å². The second-order valence-corrected chi connectivity index (χ2v) is 21.4. The molecule has 1 aliphatic heterocycles. The monoisotopic (exact) mass is 1050 g/mol. The van der Waals surface area contributed by atoms with Crippen molar-refractivity contribution in [3.63, 3.8) is 0 Å². The fourth-order valence-electron chi connectivity index (χ4n) is 9.54. The van der Waals surface area contributed by atoms with E-state index in [1.807, 2.05) is 6.08 Å². The van der Waals surface area contributed by atoms with E-state index in [0.717, 1.165) is 83.5 Å². The third-order valence-electron chi connectivity index (χ3n) is 14.5. The molecular weight excluding hydrogens is 931 g/mol. The Morgan fingerprint density at radius 1 is 0.527 bits per heavy atom. The van der Waals surface area contributed by atoms with E-state index in [-0.39, 0.29) is 13.0 Å². The first-order valence-corrected chi connectivity index (χ1v) is 30.9. The maximum Gasteiger partial charge on any atom is 0.306 e. The van der Waals surface area contributed by atoms with E-state index in [0.29, 0.717) is 19.3 Å². The van der Waals surface area contributed by atoms with Crippen LogP contribution in [0.4, 0.5) is 0 Å². The Bertz CT molecular complexity index is 1390. The Morgan fingerprint density at radius 2 is 0.932 bits per heavy atom. The molecule has 432 valence electrons. The Hall–Kier alpha value is -2.38. The Labute approximate surface area is 453 Å². The van der Waals surface area contributed by atoms with Crippen molar-refractivity contribution >= 4 is 11.9 Å². The number of carbonyl (C=O) groups excluding carboxylic acids is 2. The van der Waals surface area contributed by atoms with Crippen molar-refractivity contribution in [2.75, 3.05) is 13.2 Å². The van der Waals surface area contributed by atoms with Gasteiger partial charge in [0.2, 0.25) is 5.91 Å². The molecule has 0 aromatic heterocycles. The highest BCUT2D eigenvalue weighted by Gasteiger charge is 2.47. The number of rotatable bonds is 52. The molecule has 0 aromatic rings. The van der Waals surface area contributed by atoms with Gasteiger partial charge in [-0.05, 0) is 64.2 Å². The van der Waals surface area contributed by atoms with Gasteiger partial charge in [0.1, 0.15) is 24.4 Å². The van der Waals surface area contributed by atoms with Gasteiger partial charge in [0, 0.05) is 6.42 Å². The number of aliphatic hydroxyl groups excluding tert-OH is 5. The lowest BCUT2D eigenvalue weighted by Gasteiger charge is -2.41. The third-order valence-corrected chi connectivity index (χ3v) is 14.5. The molecule has 0 aromatic carbocycles. The molecule has 0 spiro atoms. The SMILES string of the molecule is CCCCC/C=C\C/C=C\C/C=C\CCCCCCCCCCC(=O)OC1C(OCC(NC(=O)C(O)CCCCCCCCCCCCCC)C(O)/C=C/CCCCCCCCCCCC)OC(CO)C(O)C1O. The summed E-state index contributed by atoms with van der Waals surface area (Å²) in [5, 5.41) is 56.9. The molecule has 0 aliphatic carbocycles. The number of amides is 1. The molecule has 11 nitrogen and oxygen atoms in total. The molecule has 1 fully saturated rings. The Balaban J connectivity index is 2.65. The molecule has 0 radical (unpaired) electrons. The van der Waals surface area contributed by atoms with Crippen molar-refractivity contribution in [1.29, 1.82) is 0 Å². The number of hydrogen-bond donors (Lipinski definition) is 6. The Kier molecular flexibility index (Phi) is 48.3. The van der Waals surface area contributed by atoms with Crippen LogP contribution in [0.2, 0.25) is 0 Å². The van der Waals surface area contributed by atoms with Gasteiger partial charge in [0.05, 0.1) is 25.4 Å². The van der Waals surface area contributed by atoms with Crippen LogP contribution in [0, 0.1) is 0 Å². The zero-order valence-electron chi connectivity index (χ0n) is 47.7. The topological polar surface area (TPSA) is 175 Å². The molecular formula is C63H115NO10. The predicted molar refractivity (Wildman–Crippen MR) is 306 cm³/mol. The number of unbranched alkanes of at least 4 members (excludes halogenated alkanes) is 32. The van der Waals surface area contributed by atoms with E-state index in [4.69, 9.17) is 14.2 Å². The number of aliphatic hydroxyl groups is 5. The molecule has 1 aliphatic rings. The molecule has 8 unspecified atom stereocenters. The molecule has 6 N–H and O–H groups in total. The first-order valence-electron chi connectivity index (χ1n) is 30.9. The summed E-state index contributed by atoms with van der Waals surface area (Å²) >= 11 is 0. The van der Waals surface area contributed by atoms with Crippen LogP contribution < -0.4 is 5.32 Å². The van der Waals surface area contributed by atoms with Gasteiger partial charge in [-0.2, -0.15) is 0 Å². The molecule has 1 heterocycles. The summed E-state index contributed by atoms with van der Waals surface area (Å²) in [6.07, 6.45) is 51.5. The molecule has 1 saturated heterocycles. The number of hydrogen-bond acceptors (Lipinski definition) is 10. The smallest absolute Gasteiger partial charge is 0.306 e. The second kappa shape index (κ2) is 51.4. The van der Waals surface area contributed by atoms with Crippen LogP contribution in [-0.4, -0.2) is 99.6 Å². The van der Waals surface area contributed by atoms with Crippen molar-refractivity contribution in [1.82, 2.24) is 5.32 Å². The lowest BCUT2D eigenvalue weighted by Crippen LogP contribution is -2.61. The van der Waals surface area contributed by atoms with Crippen LogP contribution in [-0.2, 0) is 23.8 Å². The van der Waals surface area contributed by atoms with Crippen molar-refractivity contribution in [3.8, 4) is 0 Å². The van der Waals surface area contributed by atoms with Gasteiger partial charge in [-0.25, -0.2) is 0 Å². The van der Waals surface area contributed by atoms with Gasteiger partial charge in [0.15, 0.2) is 12.4 Å². The number of nitrogens with one attached hydrogen (secondary N) is 1. The summed E-state index contributed by atoms with van der Waals surface area (Å²) < 4.78 is 17.6. The van der Waals surface area contributed by atoms with E-state index in [9.17, 15) is 35.1 Å². The second-order valence-electron chi connectivity index (χ2n) is 21.4. The zero-order chi connectivity index (χ0) is 54.0. The predicted octanol–water partition coefficient (Wildman–Crippen LogP) is 14.4. The normalized spacial score (nSPS) is 19.6. The zero-order valence-corrected chi connectivity index (χ0v) is 47.7. The van der Waals surface area contributed by atoms with Crippen LogP contribution in [0.5, 0.6) is 0 Å². The van der Waals surface area contributed by atoms with Crippen molar-refractivity contribution in [2.24, 2.45) is 0 Å². The maximum absolute atomic E-state index is 13.4. The molecule has 11 heteroatoms. The molecule has 1 amide bonds. The minimum absolute atomic E-state index is 0.116. The molecule has 74 heavy (non-hydrogen) atoms. The highest BCUT2D eigenvalue weighted by Crippen LogP contribution is 2.26. The van der Waals surface area contributed by atoms with E-state index >= 15 is 0 Å². The highest BCUT2D eigenvalue weighted by atomic mass is 16.7. The lowest BCUT2D eigenvalue weighted by molar-refractivity contribution is -0.305. The van der Waals surface area contributed by atoms with E-state index in [1.54, 1.807) is 6.08 Å². The lowest BCUT2D eigenvalue weighted by atomic mass is 9.99. The molecule has 0 saturated carbocycles. The van der Waals surface area contributed by atoms with Gasteiger partial charge in [-0.1, -0.05) is 256 Å². The average Bonchev–Trinajstić information content (AvgIpc) is 3.40. The first kappa shape index (κ1) is 69.6. The fraction of sp³-hybridized carbons (Fsp3) is 0.841. The number of carbonyl (C=O) groups is 2. The van der Waals surface area contributed by atoms with E-state index < -0.39 is 67.4 Å². The summed E-state index contributed by atoms with van der Waals surface area (Å²) in [6, 6.07) is -1.02. The van der Waals surface area contributed by atoms with Crippen LogP contribution in [0.3, 0.4) is 0 Å². The highest BCUT2D eigenvalue weighted by molar-refractivity contribution is 5.80. The summed E-state index contributed by atoms with van der Waals surface area (Å²) in [5.41, 5.74) is 0. The van der Waals surface area contributed by atoms with Crippen LogP contribution >= 0.6 is 0 Å². The standard InChI is InChI=1S/C63H115NO10/c1-4-7-10-13-16-19-22-25-26-27-28-29-30-31-32-33-36-39-42-45-48-51-58(68)74-61-60(70)59(69)57(52-65)73-63(61)72-53-54(55(66)49-46-43-40-37-34-23-20-17-14-11-8-5-2)64-62(71)56(67)50-47-44-41-38-35-24-21-18-15-12-9-6-3/h16,19,25-26,28-29,46,49,54-57,59-61,63,65-67,69-70H,4-15,17-18,20-24,27,30-45,47-48,50-53H2,1-3H3,(H,64,71)/b19-16-,26-25-,29-28-,49-46+. The largest absolute Gasteiger partial charge is 0.454 e. The minimum Gasteiger partial charge on any atom is -0.454 e. The molecule has 8 atom stereocenters. The van der Waals surface area contributed by atoms with Gasteiger partial charge in [-0.15, -0.1) is 0 Å². The van der Waals surface area contributed by atoms with Gasteiger partial charge >= 0.3 is 5.97 Å². The van der Waals surface area contributed by atoms with Crippen molar-refractivity contribution in [3.05, 3.63) is 48.6 Å². The minimum atomic E-state index is -1.61. The quantitative estimate of drug-likeness (QED) is 0.0195. The van der Waals surface area contributed by atoms with Crippen LogP contribution in [0.25, 0.3) is 0 Å². The van der Waals surface area contributed by atoms with Crippen molar-refractivity contribution < 1.29 is 49.3 Å². The average molecular weight is 1050 g/mol. The summed E-state index contributed by atoms with van der Waals surface area (Å²) in [4.78, 5) is 26.5. The summed E-state index contributed by atoms with van der Waals surface area (Å²) in [6.45, 7) is 5.76. The van der Waals surface area contributed by atoms with Gasteiger partial charge in [-0.3, -0.25) is 9.59 Å². The number of esters is 1. The van der Waals surface area contributed by atoms with Gasteiger partial charge < -0.3 is 45.1 Å². The fourth-order valence-corrected chi connectivity index (χ4v) is 9.54. The number of ether oxygens (including phenoxy) is 3.